The first kappa shape index (κ1) is 17.2. The SMILES string of the molecule is N#Cc1ccccc1NC(=O)CSc1nnc(-c2ccccc2Br)o1. The summed E-state index contributed by atoms with van der Waals surface area (Å²) in [5.74, 6) is 0.218. The predicted octanol–water partition coefficient (Wildman–Crippen LogP) is 4.10. The number of para-hydroxylation sites is 1. The number of amides is 1. The molecule has 0 aliphatic carbocycles. The fourth-order valence-corrected chi connectivity index (χ4v) is 3.03. The van der Waals surface area contributed by atoms with Crippen LogP contribution in [0.3, 0.4) is 0 Å². The first-order chi connectivity index (χ1) is 12.2. The van der Waals surface area contributed by atoms with Crippen LogP contribution in [-0.2, 0) is 4.79 Å². The number of hydrogen-bond acceptors (Lipinski definition) is 6. The lowest BCUT2D eigenvalue weighted by Gasteiger charge is -2.05. The van der Waals surface area contributed by atoms with Gasteiger partial charge in [0.1, 0.15) is 6.07 Å². The second-order valence-corrected chi connectivity index (χ2v) is 6.63. The van der Waals surface area contributed by atoms with Crippen molar-refractivity contribution in [2.75, 3.05) is 11.1 Å². The Bertz CT molecular complexity index is 952. The van der Waals surface area contributed by atoms with Gasteiger partial charge in [0.25, 0.3) is 5.22 Å². The molecule has 1 aromatic heterocycles. The molecule has 25 heavy (non-hydrogen) atoms. The lowest BCUT2D eigenvalue weighted by atomic mass is 10.2. The van der Waals surface area contributed by atoms with Crippen LogP contribution in [0.15, 0.2) is 62.6 Å². The fourth-order valence-electron chi connectivity index (χ4n) is 2.01. The minimum Gasteiger partial charge on any atom is -0.411 e. The van der Waals surface area contributed by atoms with Crippen molar-refractivity contribution in [3.63, 3.8) is 0 Å². The molecule has 0 atom stereocenters. The van der Waals surface area contributed by atoms with Crippen LogP contribution in [-0.4, -0.2) is 21.9 Å². The van der Waals surface area contributed by atoms with Gasteiger partial charge in [-0.05, 0) is 40.2 Å². The summed E-state index contributed by atoms with van der Waals surface area (Å²) in [5.41, 5.74) is 1.68. The summed E-state index contributed by atoms with van der Waals surface area (Å²) in [6, 6.07) is 16.4. The number of aromatic nitrogens is 2. The Balaban J connectivity index is 1.62. The number of benzene rings is 2. The van der Waals surface area contributed by atoms with Gasteiger partial charge in [0.15, 0.2) is 0 Å². The van der Waals surface area contributed by atoms with Gasteiger partial charge in [0, 0.05) is 4.47 Å². The highest BCUT2D eigenvalue weighted by atomic mass is 79.9. The van der Waals surface area contributed by atoms with Crippen molar-refractivity contribution in [3.05, 3.63) is 58.6 Å². The lowest BCUT2D eigenvalue weighted by Crippen LogP contribution is -2.14. The van der Waals surface area contributed by atoms with Crippen LogP contribution in [0.4, 0.5) is 5.69 Å². The van der Waals surface area contributed by atoms with E-state index in [2.05, 4.69) is 31.4 Å². The van der Waals surface area contributed by atoms with Crippen LogP contribution in [0.2, 0.25) is 0 Å². The van der Waals surface area contributed by atoms with E-state index in [0.29, 0.717) is 22.4 Å². The van der Waals surface area contributed by atoms with E-state index in [4.69, 9.17) is 9.68 Å². The van der Waals surface area contributed by atoms with Crippen LogP contribution in [0.25, 0.3) is 11.5 Å². The summed E-state index contributed by atoms with van der Waals surface area (Å²) in [6.45, 7) is 0. The van der Waals surface area contributed by atoms with Gasteiger partial charge < -0.3 is 9.73 Å². The summed E-state index contributed by atoms with van der Waals surface area (Å²) < 4.78 is 6.42. The third-order valence-electron chi connectivity index (χ3n) is 3.16. The number of anilines is 1. The number of carbonyl (C=O) groups is 1. The molecule has 3 rings (SSSR count). The highest BCUT2D eigenvalue weighted by molar-refractivity contribution is 9.10. The van der Waals surface area contributed by atoms with E-state index in [1.54, 1.807) is 24.3 Å². The van der Waals surface area contributed by atoms with E-state index in [1.807, 2.05) is 30.3 Å². The van der Waals surface area contributed by atoms with E-state index < -0.39 is 0 Å². The number of carbonyl (C=O) groups excluding carboxylic acids is 1. The van der Waals surface area contributed by atoms with E-state index in [1.165, 1.54) is 0 Å². The Morgan fingerprint density at radius 2 is 1.96 bits per heavy atom. The molecule has 0 aliphatic heterocycles. The Hall–Kier alpha value is -2.63. The molecule has 0 radical (unpaired) electrons. The molecular formula is C17H11BrN4O2S. The lowest BCUT2D eigenvalue weighted by molar-refractivity contribution is -0.113. The molecule has 0 unspecified atom stereocenters. The van der Waals surface area contributed by atoms with Gasteiger partial charge >= 0.3 is 0 Å². The van der Waals surface area contributed by atoms with Crippen molar-refractivity contribution in [3.8, 4) is 17.5 Å². The van der Waals surface area contributed by atoms with E-state index in [0.717, 1.165) is 21.8 Å². The minimum atomic E-state index is -0.256. The maximum atomic E-state index is 12.0. The molecule has 3 aromatic rings. The van der Waals surface area contributed by atoms with E-state index >= 15 is 0 Å². The van der Waals surface area contributed by atoms with Crippen LogP contribution in [0.5, 0.6) is 0 Å². The van der Waals surface area contributed by atoms with Gasteiger partial charge in [0.2, 0.25) is 11.8 Å². The summed E-state index contributed by atoms with van der Waals surface area (Å²) >= 11 is 4.56. The van der Waals surface area contributed by atoms with Crippen molar-refractivity contribution in [1.82, 2.24) is 10.2 Å². The quantitative estimate of drug-likeness (QED) is 0.631. The topological polar surface area (TPSA) is 91.8 Å². The summed E-state index contributed by atoms with van der Waals surface area (Å²) in [6.07, 6.45) is 0. The Kier molecular flexibility index (Phi) is 5.48. The second kappa shape index (κ2) is 7.96. The Morgan fingerprint density at radius 3 is 2.76 bits per heavy atom. The molecule has 0 saturated heterocycles. The first-order valence-corrected chi connectivity index (χ1v) is 8.95. The smallest absolute Gasteiger partial charge is 0.277 e. The van der Waals surface area contributed by atoms with Crippen LogP contribution in [0, 0.1) is 11.3 Å². The van der Waals surface area contributed by atoms with Crippen molar-refractivity contribution >= 4 is 39.3 Å². The zero-order valence-corrected chi connectivity index (χ0v) is 15.2. The molecule has 8 heteroatoms. The maximum Gasteiger partial charge on any atom is 0.277 e. The molecule has 1 heterocycles. The van der Waals surface area contributed by atoms with Gasteiger partial charge in [-0.15, -0.1) is 10.2 Å². The van der Waals surface area contributed by atoms with Crippen LogP contribution in [0.1, 0.15) is 5.56 Å². The number of thioether (sulfide) groups is 1. The number of nitriles is 1. The number of hydrogen-bond donors (Lipinski definition) is 1. The molecule has 0 aliphatic rings. The zero-order chi connectivity index (χ0) is 17.6. The average molecular weight is 415 g/mol. The van der Waals surface area contributed by atoms with Gasteiger partial charge in [0.05, 0.1) is 22.6 Å². The molecule has 124 valence electrons. The van der Waals surface area contributed by atoms with Gasteiger partial charge in [-0.2, -0.15) is 5.26 Å². The predicted molar refractivity (Wildman–Crippen MR) is 97.9 cm³/mol. The average Bonchev–Trinajstić information content (AvgIpc) is 3.09. The van der Waals surface area contributed by atoms with Crippen molar-refractivity contribution in [1.29, 1.82) is 5.26 Å². The van der Waals surface area contributed by atoms with Crippen LogP contribution < -0.4 is 5.32 Å². The summed E-state index contributed by atoms with van der Waals surface area (Å²) in [5, 5.41) is 20.0. The monoisotopic (exact) mass is 414 g/mol. The summed E-state index contributed by atoms with van der Waals surface area (Å²) in [7, 11) is 0. The molecular weight excluding hydrogens is 404 g/mol. The highest BCUT2D eigenvalue weighted by Crippen LogP contribution is 2.29. The first-order valence-electron chi connectivity index (χ1n) is 7.17. The molecule has 2 aromatic carbocycles. The molecule has 0 bridgehead atoms. The largest absolute Gasteiger partial charge is 0.411 e. The van der Waals surface area contributed by atoms with E-state index in [-0.39, 0.29) is 11.7 Å². The number of halogens is 1. The third-order valence-corrected chi connectivity index (χ3v) is 4.67. The van der Waals surface area contributed by atoms with Gasteiger partial charge in [-0.1, -0.05) is 36.0 Å². The maximum absolute atomic E-state index is 12.0. The standard InChI is InChI=1S/C17H11BrN4O2S/c18-13-7-3-2-6-12(13)16-21-22-17(24-16)25-10-15(23)20-14-8-4-1-5-11(14)9-19/h1-8H,10H2,(H,20,23). The zero-order valence-electron chi connectivity index (χ0n) is 12.8. The van der Waals surface area contributed by atoms with E-state index in [9.17, 15) is 4.79 Å². The van der Waals surface area contributed by atoms with Crippen molar-refractivity contribution in [2.45, 2.75) is 5.22 Å². The van der Waals surface area contributed by atoms with Gasteiger partial charge in [-0.25, -0.2) is 0 Å². The van der Waals surface area contributed by atoms with Crippen molar-refractivity contribution in [2.24, 2.45) is 0 Å². The normalized spacial score (nSPS) is 10.2. The number of nitrogens with zero attached hydrogens (tertiary/aromatic N) is 3. The Labute approximate surface area is 156 Å². The van der Waals surface area contributed by atoms with Crippen LogP contribution >= 0.6 is 27.7 Å². The second-order valence-electron chi connectivity index (χ2n) is 4.85. The number of rotatable bonds is 5. The molecule has 0 spiro atoms. The Morgan fingerprint density at radius 1 is 1.20 bits per heavy atom. The van der Waals surface area contributed by atoms with Gasteiger partial charge in [-0.3, -0.25) is 4.79 Å². The molecule has 0 fully saturated rings. The molecule has 1 amide bonds. The minimum absolute atomic E-state index is 0.0946. The third kappa shape index (κ3) is 4.26. The molecule has 1 N–H and O–H groups in total. The fraction of sp³-hybridized carbons (Fsp3) is 0.0588. The summed E-state index contributed by atoms with van der Waals surface area (Å²) in [4.78, 5) is 12.0. The number of nitrogens with one attached hydrogen (secondary N) is 1. The molecule has 6 nitrogen and oxygen atoms in total. The van der Waals surface area contributed by atoms with Crippen molar-refractivity contribution < 1.29 is 9.21 Å². The highest BCUT2D eigenvalue weighted by Gasteiger charge is 2.13. The molecule has 0 saturated carbocycles.